The Morgan fingerprint density at radius 2 is 2.07 bits per heavy atom. The van der Waals surface area contributed by atoms with E-state index in [-0.39, 0.29) is 10.7 Å². The Bertz CT molecular complexity index is 386. The summed E-state index contributed by atoms with van der Waals surface area (Å²) in [5.74, 6) is -0.928. The minimum absolute atomic E-state index is 0.165. The molecule has 0 saturated carbocycles. The lowest BCUT2D eigenvalue weighted by atomic mass is 10.0. The molecule has 1 aromatic rings. The van der Waals surface area contributed by atoms with Crippen molar-refractivity contribution in [3.63, 3.8) is 0 Å². The Morgan fingerprint density at radius 3 is 2.47 bits per heavy atom. The van der Waals surface area contributed by atoms with Gasteiger partial charge in [0, 0.05) is 18.5 Å². The second kappa shape index (κ2) is 3.84. The first-order chi connectivity index (χ1) is 6.79. The van der Waals surface area contributed by atoms with E-state index in [0.29, 0.717) is 6.29 Å². The molecule has 1 unspecified atom stereocenters. The van der Waals surface area contributed by atoms with E-state index in [1.54, 1.807) is 0 Å². The Kier molecular flexibility index (Phi) is 3.08. The molecule has 0 amide bonds. The van der Waals surface area contributed by atoms with Gasteiger partial charge in [0.1, 0.15) is 11.4 Å². The first-order valence-corrected chi connectivity index (χ1v) is 4.41. The lowest BCUT2D eigenvalue weighted by molar-refractivity contribution is -0.142. The van der Waals surface area contributed by atoms with Crippen LogP contribution in [-0.4, -0.2) is 16.1 Å². The van der Waals surface area contributed by atoms with Gasteiger partial charge < -0.3 is 4.79 Å². The second-order valence-corrected chi connectivity index (χ2v) is 3.46. The molecule has 0 aliphatic rings. The number of hydrogen-bond acceptors (Lipinski definition) is 2. The second-order valence-electron chi connectivity index (χ2n) is 3.10. The van der Waals surface area contributed by atoms with Crippen LogP contribution in [0.5, 0.6) is 0 Å². The summed E-state index contributed by atoms with van der Waals surface area (Å²) in [6, 6.07) is 0. The summed E-state index contributed by atoms with van der Waals surface area (Å²) in [6.07, 6.45) is -4.20. The molecule has 0 aliphatic heterocycles. The van der Waals surface area contributed by atoms with Crippen molar-refractivity contribution in [1.82, 2.24) is 9.78 Å². The number of halogens is 4. The minimum atomic E-state index is -4.60. The van der Waals surface area contributed by atoms with E-state index in [4.69, 9.17) is 11.6 Å². The molecular formula is C8H8ClF3N2O. The molecule has 15 heavy (non-hydrogen) atoms. The van der Waals surface area contributed by atoms with Crippen molar-refractivity contribution in [2.75, 3.05) is 0 Å². The highest BCUT2D eigenvalue weighted by atomic mass is 35.5. The number of hydrogen-bond donors (Lipinski definition) is 0. The van der Waals surface area contributed by atoms with Gasteiger partial charge in [0.25, 0.3) is 0 Å². The number of carbonyl (C=O) groups is 1. The van der Waals surface area contributed by atoms with E-state index in [1.807, 2.05) is 0 Å². The Labute approximate surface area is 88.8 Å². The Balaban J connectivity index is 3.40. The zero-order valence-electron chi connectivity index (χ0n) is 7.97. The van der Waals surface area contributed by atoms with Crippen LogP contribution in [0.2, 0.25) is 5.15 Å². The van der Waals surface area contributed by atoms with Crippen molar-refractivity contribution in [2.45, 2.75) is 19.0 Å². The summed E-state index contributed by atoms with van der Waals surface area (Å²) in [7, 11) is 1.29. The molecular weight excluding hydrogens is 233 g/mol. The summed E-state index contributed by atoms with van der Waals surface area (Å²) in [4.78, 5) is 10.5. The number of aldehydes is 1. The zero-order valence-corrected chi connectivity index (χ0v) is 8.73. The molecule has 1 atom stereocenters. The van der Waals surface area contributed by atoms with Gasteiger partial charge in [-0.2, -0.15) is 18.3 Å². The zero-order chi connectivity index (χ0) is 11.8. The predicted octanol–water partition coefficient (Wildman–Crippen LogP) is 2.39. The number of aryl methyl sites for hydroxylation is 1. The van der Waals surface area contributed by atoms with Crippen LogP contribution in [0.1, 0.15) is 24.1 Å². The summed E-state index contributed by atoms with van der Waals surface area (Å²) in [5.41, 5.74) is -1.38. The van der Waals surface area contributed by atoms with Gasteiger partial charge in [-0.1, -0.05) is 18.5 Å². The van der Waals surface area contributed by atoms with E-state index in [2.05, 4.69) is 5.10 Å². The highest BCUT2D eigenvalue weighted by Gasteiger charge is 2.39. The topological polar surface area (TPSA) is 34.9 Å². The summed E-state index contributed by atoms with van der Waals surface area (Å²) >= 11 is 5.64. The standard InChI is InChI=1S/C8H8ClF3N2O/c1-4(3-15)5-6(8(10,11)12)13-14(2)7(5)9/h3-4H,1-2H3. The van der Waals surface area contributed by atoms with Gasteiger partial charge in [-0.05, 0) is 0 Å². The predicted molar refractivity (Wildman–Crippen MR) is 47.7 cm³/mol. The van der Waals surface area contributed by atoms with E-state index in [9.17, 15) is 18.0 Å². The van der Waals surface area contributed by atoms with Crippen molar-refractivity contribution in [3.8, 4) is 0 Å². The highest BCUT2D eigenvalue weighted by Crippen LogP contribution is 2.37. The van der Waals surface area contributed by atoms with Gasteiger partial charge in [-0.15, -0.1) is 0 Å². The van der Waals surface area contributed by atoms with Gasteiger partial charge in [-0.3, -0.25) is 4.68 Å². The minimum Gasteiger partial charge on any atom is -0.303 e. The molecule has 0 spiro atoms. The van der Waals surface area contributed by atoms with Crippen LogP contribution in [-0.2, 0) is 18.0 Å². The van der Waals surface area contributed by atoms with Crippen LogP contribution in [0.4, 0.5) is 13.2 Å². The summed E-state index contributed by atoms with van der Waals surface area (Å²) < 4.78 is 38.4. The van der Waals surface area contributed by atoms with Crippen LogP contribution in [0, 0.1) is 0 Å². The van der Waals surface area contributed by atoms with Crippen molar-refractivity contribution in [3.05, 3.63) is 16.4 Å². The van der Waals surface area contributed by atoms with Crippen LogP contribution < -0.4 is 0 Å². The van der Waals surface area contributed by atoms with E-state index >= 15 is 0 Å². The molecule has 7 heteroatoms. The third-order valence-corrected chi connectivity index (χ3v) is 2.39. The average molecular weight is 241 g/mol. The van der Waals surface area contributed by atoms with Gasteiger partial charge in [0.15, 0.2) is 5.69 Å². The van der Waals surface area contributed by atoms with E-state index < -0.39 is 17.8 Å². The van der Waals surface area contributed by atoms with E-state index in [0.717, 1.165) is 4.68 Å². The summed E-state index contributed by atoms with van der Waals surface area (Å²) in [5, 5.41) is 3.09. The molecule has 0 saturated heterocycles. The van der Waals surface area contributed by atoms with Gasteiger partial charge in [-0.25, -0.2) is 0 Å². The fourth-order valence-corrected chi connectivity index (χ4v) is 1.50. The van der Waals surface area contributed by atoms with Crippen LogP contribution >= 0.6 is 11.6 Å². The Hall–Kier alpha value is -1.04. The highest BCUT2D eigenvalue weighted by molar-refractivity contribution is 6.30. The van der Waals surface area contributed by atoms with Gasteiger partial charge in [0.2, 0.25) is 0 Å². The molecule has 3 nitrogen and oxygen atoms in total. The summed E-state index contributed by atoms with van der Waals surface area (Å²) in [6.45, 7) is 1.34. The molecule has 1 aromatic heterocycles. The molecule has 1 rings (SSSR count). The van der Waals surface area contributed by atoms with Crippen LogP contribution in [0.15, 0.2) is 0 Å². The molecule has 0 N–H and O–H groups in total. The number of alkyl halides is 3. The first-order valence-electron chi connectivity index (χ1n) is 4.04. The Morgan fingerprint density at radius 1 is 1.53 bits per heavy atom. The molecule has 0 radical (unpaired) electrons. The van der Waals surface area contributed by atoms with Gasteiger partial charge in [0.05, 0.1) is 0 Å². The maximum absolute atomic E-state index is 12.5. The maximum atomic E-state index is 12.5. The maximum Gasteiger partial charge on any atom is 0.435 e. The number of aromatic nitrogens is 2. The molecule has 0 bridgehead atoms. The molecule has 84 valence electrons. The quantitative estimate of drug-likeness (QED) is 0.744. The van der Waals surface area contributed by atoms with Crippen LogP contribution in [0.3, 0.4) is 0 Å². The van der Waals surface area contributed by atoms with Crippen molar-refractivity contribution < 1.29 is 18.0 Å². The lowest BCUT2D eigenvalue weighted by Gasteiger charge is -2.07. The number of rotatable bonds is 2. The molecule has 1 heterocycles. The van der Waals surface area contributed by atoms with Crippen LogP contribution in [0.25, 0.3) is 0 Å². The number of nitrogens with zero attached hydrogens (tertiary/aromatic N) is 2. The van der Waals surface area contributed by atoms with E-state index in [1.165, 1.54) is 14.0 Å². The molecule has 0 fully saturated rings. The lowest BCUT2D eigenvalue weighted by Crippen LogP contribution is -2.11. The molecule has 0 aromatic carbocycles. The monoisotopic (exact) mass is 240 g/mol. The largest absolute Gasteiger partial charge is 0.435 e. The van der Waals surface area contributed by atoms with Crippen molar-refractivity contribution in [2.24, 2.45) is 7.05 Å². The smallest absolute Gasteiger partial charge is 0.303 e. The fourth-order valence-electron chi connectivity index (χ4n) is 1.20. The third-order valence-electron chi connectivity index (χ3n) is 1.94. The van der Waals surface area contributed by atoms with Crippen molar-refractivity contribution in [1.29, 1.82) is 0 Å². The normalized spacial score (nSPS) is 14.0. The third kappa shape index (κ3) is 2.14. The average Bonchev–Trinajstić information content (AvgIpc) is 2.42. The fraction of sp³-hybridized carbons (Fsp3) is 0.500. The first kappa shape index (κ1) is 12.0. The number of carbonyl (C=O) groups excluding carboxylic acids is 1. The SMILES string of the molecule is CC(C=O)c1c(C(F)(F)F)nn(C)c1Cl. The molecule has 0 aliphatic carbocycles. The van der Waals surface area contributed by atoms with Gasteiger partial charge >= 0.3 is 6.18 Å². The van der Waals surface area contributed by atoms with Crippen molar-refractivity contribution >= 4 is 17.9 Å².